The SMILES string of the molecule is CCOC(=O)COc1cc(Br)c(/C=C(/C#N)C(=O)Nc2cccc(Cl)c2Cl)cc1OCC. The monoisotopic (exact) mass is 540 g/mol. The molecular formula is C22H19BrCl2N2O5. The number of halogens is 3. The zero-order chi connectivity index (χ0) is 23.7. The van der Waals surface area contributed by atoms with Crippen LogP contribution < -0.4 is 14.8 Å². The molecule has 0 heterocycles. The summed E-state index contributed by atoms with van der Waals surface area (Å²) >= 11 is 15.4. The van der Waals surface area contributed by atoms with Crippen molar-refractivity contribution >= 4 is 62.8 Å². The highest BCUT2D eigenvalue weighted by Gasteiger charge is 2.16. The summed E-state index contributed by atoms with van der Waals surface area (Å²) in [7, 11) is 0. The minimum atomic E-state index is -0.663. The fourth-order valence-corrected chi connectivity index (χ4v) is 3.26. The van der Waals surface area contributed by atoms with E-state index < -0.39 is 11.9 Å². The second-order valence-electron chi connectivity index (χ2n) is 6.07. The van der Waals surface area contributed by atoms with Crippen molar-refractivity contribution in [1.29, 1.82) is 5.26 Å². The van der Waals surface area contributed by atoms with Gasteiger partial charge in [0.15, 0.2) is 18.1 Å². The Bertz CT molecular complexity index is 1080. The molecule has 1 amide bonds. The molecule has 2 aromatic rings. The molecule has 7 nitrogen and oxygen atoms in total. The fraction of sp³-hybridized carbons (Fsp3) is 0.227. The van der Waals surface area contributed by atoms with E-state index in [-0.39, 0.29) is 34.5 Å². The van der Waals surface area contributed by atoms with E-state index in [2.05, 4.69) is 21.2 Å². The van der Waals surface area contributed by atoms with Gasteiger partial charge in [0.2, 0.25) is 0 Å². The van der Waals surface area contributed by atoms with Gasteiger partial charge in [0.25, 0.3) is 5.91 Å². The lowest BCUT2D eigenvalue weighted by atomic mass is 10.1. The predicted molar refractivity (Wildman–Crippen MR) is 126 cm³/mol. The molecule has 2 aromatic carbocycles. The number of esters is 1. The second-order valence-corrected chi connectivity index (χ2v) is 7.71. The largest absolute Gasteiger partial charge is 0.490 e. The van der Waals surface area contributed by atoms with Gasteiger partial charge >= 0.3 is 5.97 Å². The van der Waals surface area contributed by atoms with Crippen LogP contribution in [0.3, 0.4) is 0 Å². The van der Waals surface area contributed by atoms with Gasteiger partial charge in [-0.2, -0.15) is 5.26 Å². The van der Waals surface area contributed by atoms with Crippen LogP contribution in [0.25, 0.3) is 6.08 Å². The van der Waals surface area contributed by atoms with E-state index in [4.69, 9.17) is 37.4 Å². The molecule has 168 valence electrons. The van der Waals surface area contributed by atoms with Crippen LogP contribution >= 0.6 is 39.1 Å². The van der Waals surface area contributed by atoms with Gasteiger partial charge in [0, 0.05) is 4.47 Å². The Balaban J connectivity index is 2.32. The van der Waals surface area contributed by atoms with Crippen molar-refractivity contribution in [3.8, 4) is 17.6 Å². The highest BCUT2D eigenvalue weighted by molar-refractivity contribution is 9.10. The quantitative estimate of drug-likeness (QED) is 0.250. The molecule has 0 fully saturated rings. The average molecular weight is 542 g/mol. The third-order valence-corrected chi connectivity index (χ3v) is 5.38. The van der Waals surface area contributed by atoms with Crippen LogP contribution in [0.15, 0.2) is 40.4 Å². The number of nitrogens with zero attached hydrogens (tertiary/aromatic N) is 1. The van der Waals surface area contributed by atoms with Crippen molar-refractivity contribution < 1.29 is 23.8 Å². The first-order chi connectivity index (χ1) is 15.3. The molecule has 0 atom stereocenters. The van der Waals surface area contributed by atoms with Gasteiger partial charge in [-0.3, -0.25) is 4.79 Å². The molecule has 32 heavy (non-hydrogen) atoms. The number of carbonyl (C=O) groups is 2. The van der Waals surface area contributed by atoms with Crippen LogP contribution in [0.5, 0.6) is 11.5 Å². The molecule has 0 aromatic heterocycles. The van der Waals surface area contributed by atoms with Crippen molar-refractivity contribution in [2.45, 2.75) is 13.8 Å². The van der Waals surface area contributed by atoms with E-state index in [0.717, 1.165) is 0 Å². The van der Waals surface area contributed by atoms with Gasteiger partial charge in [-0.15, -0.1) is 0 Å². The number of rotatable bonds is 9. The third kappa shape index (κ3) is 6.89. The van der Waals surface area contributed by atoms with Crippen molar-refractivity contribution in [3.05, 3.63) is 56.0 Å². The first-order valence-electron chi connectivity index (χ1n) is 9.42. The van der Waals surface area contributed by atoms with Gasteiger partial charge in [0.1, 0.15) is 11.6 Å². The first-order valence-corrected chi connectivity index (χ1v) is 11.0. The molecular weight excluding hydrogens is 523 g/mol. The zero-order valence-electron chi connectivity index (χ0n) is 17.2. The molecule has 0 unspecified atom stereocenters. The minimum Gasteiger partial charge on any atom is -0.490 e. The standard InChI is InChI=1S/C22H19BrCl2N2O5/c1-3-30-18-9-13(15(23)10-19(18)32-12-20(28)31-4-2)8-14(11-26)22(29)27-17-7-5-6-16(24)21(17)25/h5-10H,3-4,12H2,1-2H3,(H,27,29)/b14-8-. The number of carbonyl (C=O) groups excluding carboxylic acids is 2. The number of nitriles is 1. The van der Waals surface area contributed by atoms with Gasteiger partial charge in [-0.25, -0.2) is 4.79 Å². The predicted octanol–water partition coefficient (Wildman–Crippen LogP) is 5.64. The summed E-state index contributed by atoms with van der Waals surface area (Å²) < 4.78 is 16.4. The Hall–Kier alpha value is -2.73. The van der Waals surface area contributed by atoms with Gasteiger partial charge in [0.05, 0.1) is 28.9 Å². The summed E-state index contributed by atoms with van der Waals surface area (Å²) in [5, 5.41) is 12.5. The molecule has 1 N–H and O–H groups in total. The third-order valence-electron chi connectivity index (χ3n) is 3.88. The lowest BCUT2D eigenvalue weighted by Gasteiger charge is -2.14. The van der Waals surface area contributed by atoms with E-state index >= 15 is 0 Å². The summed E-state index contributed by atoms with van der Waals surface area (Å²) in [6.07, 6.45) is 1.38. The van der Waals surface area contributed by atoms with Crippen molar-refractivity contribution in [3.63, 3.8) is 0 Å². The first kappa shape index (κ1) is 25.5. The normalized spacial score (nSPS) is 10.8. The maximum Gasteiger partial charge on any atom is 0.344 e. The average Bonchev–Trinajstić information content (AvgIpc) is 2.76. The Kier molecular flexibility index (Phi) is 9.85. The summed E-state index contributed by atoms with van der Waals surface area (Å²) in [6.45, 7) is 3.77. The number of benzene rings is 2. The maximum absolute atomic E-state index is 12.6. The maximum atomic E-state index is 12.6. The van der Waals surface area contributed by atoms with Crippen molar-refractivity contribution in [2.24, 2.45) is 0 Å². The van der Waals surface area contributed by atoms with Gasteiger partial charge < -0.3 is 19.5 Å². The number of anilines is 1. The molecule has 10 heteroatoms. The fourth-order valence-electron chi connectivity index (χ4n) is 2.48. The van der Waals surface area contributed by atoms with Crippen LogP contribution in [0.1, 0.15) is 19.4 Å². The number of hydrogen-bond donors (Lipinski definition) is 1. The number of hydrogen-bond acceptors (Lipinski definition) is 6. The second kappa shape index (κ2) is 12.3. The molecule has 0 saturated carbocycles. The number of amides is 1. The van der Waals surface area contributed by atoms with E-state index in [9.17, 15) is 14.9 Å². The van der Waals surface area contributed by atoms with E-state index in [0.29, 0.717) is 28.1 Å². The molecule has 0 bridgehead atoms. The van der Waals surface area contributed by atoms with Crippen LogP contribution in [0, 0.1) is 11.3 Å². The van der Waals surface area contributed by atoms with Crippen molar-refractivity contribution in [2.75, 3.05) is 25.1 Å². The Morgan fingerprint density at radius 1 is 1.16 bits per heavy atom. The van der Waals surface area contributed by atoms with E-state index in [1.54, 1.807) is 44.2 Å². The Labute approximate surface area is 204 Å². The molecule has 0 saturated heterocycles. The topological polar surface area (TPSA) is 97.7 Å². The number of ether oxygens (including phenoxy) is 3. The highest BCUT2D eigenvalue weighted by Crippen LogP contribution is 2.35. The molecule has 2 rings (SSSR count). The zero-order valence-corrected chi connectivity index (χ0v) is 20.3. The summed E-state index contributed by atoms with van der Waals surface area (Å²) in [6, 6.07) is 9.82. The molecule has 0 aliphatic heterocycles. The van der Waals surface area contributed by atoms with Crippen LogP contribution in [-0.2, 0) is 14.3 Å². The van der Waals surface area contributed by atoms with E-state index in [1.807, 2.05) is 6.07 Å². The molecule has 0 spiro atoms. The smallest absolute Gasteiger partial charge is 0.344 e. The Morgan fingerprint density at radius 3 is 2.53 bits per heavy atom. The lowest BCUT2D eigenvalue weighted by molar-refractivity contribution is -0.145. The summed E-state index contributed by atoms with van der Waals surface area (Å²) in [4.78, 5) is 24.2. The molecule has 0 aliphatic carbocycles. The molecule has 0 radical (unpaired) electrons. The van der Waals surface area contributed by atoms with Gasteiger partial charge in [-0.05, 0) is 49.8 Å². The van der Waals surface area contributed by atoms with E-state index in [1.165, 1.54) is 6.08 Å². The number of nitrogens with one attached hydrogen (secondary N) is 1. The van der Waals surface area contributed by atoms with Gasteiger partial charge in [-0.1, -0.05) is 45.2 Å². The Morgan fingerprint density at radius 2 is 1.88 bits per heavy atom. The van der Waals surface area contributed by atoms with Crippen molar-refractivity contribution in [1.82, 2.24) is 0 Å². The minimum absolute atomic E-state index is 0.169. The lowest BCUT2D eigenvalue weighted by Crippen LogP contribution is -2.15. The highest BCUT2D eigenvalue weighted by atomic mass is 79.9. The van der Waals surface area contributed by atoms with Crippen LogP contribution in [0.2, 0.25) is 10.0 Å². The summed E-state index contributed by atoms with van der Waals surface area (Å²) in [5.74, 6) is -0.540. The van der Waals surface area contributed by atoms with Crippen LogP contribution in [-0.4, -0.2) is 31.7 Å². The van der Waals surface area contributed by atoms with Crippen LogP contribution in [0.4, 0.5) is 5.69 Å². The summed E-state index contributed by atoms with van der Waals surface area (Å²) in [5.41, 5.74) is 0.590. The molecule has 0 aliphatic rings.